The maximum atomic E-state index is 11.9. The third kappa shape index (κ3) is 4.20. The molecule has 0 aromatic heterocycles. The van der Waals surface area contributed by atoms with Gasteiger partial charge < -0.3 is 10.2 Å². The lowest BCUT2D eigenvalue weighted by atomic mass is 9.93. The van der Waals surface area contributed by atoms with E-state index in [1.807, 2.05) is 4.90 Å². The predicted octanol–water partition coefficient (Wildman–Crippen LogP) is 1.63. The maximum Gasteiger partial charge on any atom is 0.222 e. The Hall–Kier alpha value is -0.570. The minimum Gasteiger partial charge on any atom is -0.341 e. The number of amides is 1. The van der Waals surface area contributed by atoms with Gasteiger partial charge in [-0.2, -0.15) is 0 Å². The molecule has 1 heterocycles. The van der Waals surface area contributed by atoms with E-state index in [2.05, 4.69) is 26.1 Å². The fraction of sp³-hybridized carbons (Fsp3) is 0.917. The Kier molecular flexibility index (Phi) is 4.58. The highest BCUT2D eigenvalue weighted by atomic mass is 16.2. The fourth-order valence-corrected chi connectivity index (χ4v) is 1.99. The van der Waals surface area contributed by atoms with Crippen molar-refractivity contribution in [3.8, 4) is 0 Å². The van der Waals surface area contributed by atoms with E-state index in [0.717, 1.165) is 39.0 Å². The topological polar surface area (TPSA) is 32.3 Å². The summed E-state index contributed by atoms with van der Waals surface area (Å²) in [4.78, 5) is 13.9. The molecular formula is C12H24N2O. The van der Waals surface area contributed by atoms with E-state index in [-0.39, 0.29) is 5.41 Å². The number of rotatable bonds is 3. The number of unbranched alkanes of at least 4 members (excludes halogenated alkanes) is 1. The van der Waals surface area contributed by atoms with Gasteiger partial charge in [0.25, 0.3) is 0 Å². The number of nitrogens with one attached hydrogen (secondary N) is 1. The molecule has 88 valence electrons. The molecule has 0 atom stereocenters. The summed E-state index contributed by atoms with van der Waals surface area (Å²) in [6.07, 6.45) is 2.83. The van der Waals surface area contributed by atoms with Crippen LogP contribution in [-0.4, -0.2) is 37.0 Å². The van der Waals surface area contributed by atoms with Gasteiger partial charge in [-0.25, -0.2) is 0 Å². The molecule has 0 radical (unpaired) electrons. The van der Waals surface area contributed by atoms with E-state index in [1.165, 1.54) is 0 Å². The normalized spacial score (nSPS) is 21.1. The number of nitrogens with zero attached hydrogens (tertiary/aromatic N) is 1. The van der Waals surface area contributed by atoms with Crippen LogP contribution in [0.25, 0.3) is 0 Å². The summed E-state index contributed by atoms with van der Waals surface area (Å²) in [6.45, 7) is 10.2. The zero-order valence-electron chi connectivity index (χ0n) is 10.3. The van der Waals surface area contributed by atoms with Gasteiger partial charge >= 0.3 is 0 Å². The van der Waals surface area contributed by atoms with Gasteiger partial charge in [0, 0.05) is 32.6 Å². The Balaban J connectivity index is 2.48. The van der Waals surface area contributed by atoms with Crippen LogP contribution >= 0.6 is 0 Å². The monoisotopic (exact) mass is 212 g/mol. The molecule has 0 unspecified atom stereocenters. The molecule has 0 aliphatic carbocycles. The second-order valence-corrected chi connectivity index (χ2v) is 5.26. The number of hydrogen-bond donors (Lipinski definition) is 1. The molecular weight excluding hydrogens is 188 g/mol. The summed E-state index contributed by atoms with van der Waals surface area (Å²) in [5.41, 5.74) is 0.207. The summed E-state index contributed by atoms with van der Waals surface area (Å²) >= 11 is 0. The lowest BCUT2D eigenvalue weighted by molar-refractivity contribution is -0.132. The van der Waals surface area contributed by atoms with E-state index in [0.29, 0.717) is 12.3 Å². The van der Waals surface area contributed by atoms with Gasteiger partial charge in [0.05, 0.1) is 0 Å². The third-order valence-electron chi connectivity index (χ3n) is 2.88. The van der Waals surface area contributed by atoms with Crippen LogP contribution in [0.2, 0.25) is 0 Å². The van der Waals surface area contributed by atoms with Crippen LogP contribution in [0, 0.1) is 5.41 Å². The van der Waals surface area contributed by atoms with E-state index < -0.39 is 0 Å². The highest BCUT2D eigenvalue weighted by Crippen LogP contribution is 2.18. The molecule has 1 saturated heterocycles. The quantitative estimate of drug-likeness (QED) is 0.771. The van der Waals surface area contributed by atoms with Gasteiger partial charge in [0.2, 0.25) is 5.91 Å². The first-order valence-corrected chi connectivity index (χ1v) is 6.04. The standard InChI is InChI=1S/C12H24N2O/c1-4-5-6-11(15)14-8-7-13-9-12(2,3)10-14/h13H,4-10H2,1-3H3. The lowest BCUT2D eigenvalue weighted by Crippen LogP contribution is -2.39. The molecule has 3 nitrogen and oxygen atoms in total. The predicted molar refractivity (Wildman–Crippen MR) is 62.8 cm³/mol. The molecule has 1 aliphatic rings. The van der Waals surface area contributed by atoms with Gasteiger partial charge in [-0.1, -0.05) is 27.2 Å². The van der Waals surface area contributed by atoms with Crippen molar-refractivity contribution in [3.05, 3.63) is 0 Å². The van der Waals surface area contributed by atoms with Crippen molar-refractivity contribution < 1.29 is 4.79 Å². The van der Waals surface area contributed by atoms with E-state index in [4.69, 9.17) is 0 Å². The molecule has 3 heteroatoms. The zero-order valence-corrected chi connectivity index (χ0v) is 10.3. The van der Waals surface area contributed by atoms with E-state index >= 15 is 0 Å². The first-order valence-electron chi connectivity index (χ1n) is 6.04. The maximum absolute atomic E-state index is 11.9. The number of hydrogen-bond acceptors (Lipinski definition) is 2. The summed E-state index contributed by atoms with van der Waals surface area (Å²) in [5.74, 6) is 0.327. The summed E-state index contributed by atoms with van der Waals surface area (Å²) < 4.78 is 0. The van der Waals surface area contributed by atoms with Crippen molar-refractivity contribution in [2.24, 2.45) is 5.41 Å². The Bertz CT molecular complexity index is 214. The summed E-state index contributed by atoms with van der Waals surface area (Å²) in [5, 5.41) is 3.38. The Morgan fingerprint density at radius 2 is 2.20 bits per heavy atom. The van der Waals surface area contributed by atoms with Crippen LogP contribution < -0.4 is 5.32 Å². The first-order chi connectivity index (χ1) is 7.05. The Morgan fingerprint density at radius 3 is 2.87 bits per heavy atom. The molecule has 0 bridgehead atoms. The smallest absolute Gasteiger partial charge is 0.222 e. The molecule has 0 saturated carbocycles. The van der Waals surface area contributed by atoms with Crippen molar-refractivity contribution in [2.45, 2.75) is 40.0 Å². The summed E-state index contributed by atoms with van der Waals surface area (Å²) in [7, 11) is 0. The SMILES string of the molecule is CCCCC(=O)N1CCNCC(C)(C)C1. The van der Waals surface area contributed by atoms with Gasteiger partial charge in [-0.15, -0.1) is 0 Å². The molecule has 1 rings (SSSR count). The van der Waals surface area contributed by atoms with Gasteiger partial charge in [0.15, 0.2) is 0 Å². The van der Waals surface area contributed by atoms with Crippen LogP contribution in [0.15, 0.2) is 0 Å². The zero-order chi connectivity index (χ0) is 11.3. The molecule has 1 fully saturated rings. The first kappa shape index (κ1) is 12.5. The Labute approximate surface area is 93.2 Å². The molecule has 1 aliphatic heterocycles. The number of carbonyl (C=O) groups is 1. The third-order valence-corrected chi connectivity index (χ3v) is 2.88. The highest BCUT2D eigenvalue weighted by molar-refractivity contribution is 5.76. The Morgan fingerprint density at radius 1 is 1.47 bits per heavy atom. The van der Waals surface area contributed by atoms with Crippen LogP contribution in [-0.2, 0) is 4.79 Å². The molecule has 1 amide bonds. The second-order valence-electron chi connectivity index (χ2n) is 5.26. The molecule has 0 aromatic carbocycles. The van der Waals surface area contributed by atoms with Crippen molar-refractivity contribution in [1.29, 1.82) is 0 Å². The van der Waals surface area contributed by atoms with Crippen LogP contribution in [0.1, 0.15) is 40.0 Å². The molecule has 15 heavy (non-hydrogen) atoms. The minimum atomic E-state index is 0.207. The lowest BCUT2D eigenvalue weighted by Gasteiger charge is -2.29. The average molecular weight is 212 g/mol. The number of carbonyl (C=O) groups excluding carboxylic acids is 1. The van der Waals surface area contributed by atoms with Crippen molar-refractivity contribution in [1.82, 2.24) is 10.2 Å². The summed E-state index contributed by atoms with van der Waals surface area (Å²) in [6, 6.07) is 0. The minimum absolute atomic E-state index is 0.207. The highest BCUT2D eigenvalue weighted by Gasteiger charge is 2.26. The van der Waals surface area contributed by atoms with E-state index in [1.54, 1.807) is 0 Å². The van der Waals surface area contributed by atoms with Crippen molar-refractivity contribution >= 4 is 5.91 Å². The van der Waals surface area contributed by atoms with Crippen LogP contribution in [0.5, 0.6) is 0 Å². The average Bonchev–Trinajstić information content (AvgIpc) is 2.35. The van der Waals surface area contributed by atoms with Gasteiger partial charge in [0.1, 0.15) is 0 Å². The van der Waals surface area contributed by atoms with Gasteiger partial charge in [-0.3, -0.25) is 4.79 Å². The van der Waals surface area contributed by atoms with E-state index in [9.17, 15) is 4.79 Å². The molecule has 0 aromatic rings. The van der Waals surface area contributed by atoms with Crippen molar-refractivity contribution in [2.75, 3.05) is 26.2 Å². The molecule has 1 N–H and O–H groups in total. The van der Waals surface area contributed by atoms with Crippen molar-refractivity contribution in [3.63, 3.8) is 0 Å². The van der Waals surface area contributed by atoms with Crippen LogP contribution in [0.3, 0.4) is 0 Å². The molecule has 0 spiro atoms. The second kappa shape index (κ2) is 5.50. The fourth-order valence-electron chi connectivity index (χ4n) is 1.99. The largest absolute Gasteiger partial charge is 0.341 e. The van der Waals surface area contributed by atoms with Crippen LogP contribution in [0.4, 0.5) is 0 Å². The van der Waals surface area contributed by atoms with Gasteiger partial charge in [-0.05, 0) is 11.8 Å².